The smallest absolute Gasteiger partial charge is 0.225 e. The lowest BCUT2D eigenvalue weighted by molar-refractivity contribution is -0.116. The summed E-state index contributed by atoms with van der Waals surface area (Å²) in [5.41, 5.74) is 1.05. The average molecular weight is 313 g/mol. The first kappa shape index (κ1) is 13.5. The molecule has 1 saturated heterocycles. The molecule has 1 aromatic heterocycles. The second-order valence-electron chi connectivity index (χ2n) is 4.56. The van der Waals surface area contributed by atoms with Crippen molar-refractivity contribution in [1.29, 1.82) is 0 Å². The Balaban J connectivity index is 1.82. The SMILES string of the molecule is Cc1cnc(NC(=O)CC[C@H]2CCCO2)c(Br)c1. The van der Waals surface area contributed by atoms with Gasteiger partial charge in [-0.1, -0.05) is 0 Å². The Kier molecular flexibility index (Phi) is 4.72. The molecule has 0 aromatic carbocycles. The van der Waals surface area contributed by atoms with Crippen LogP contribution < -0.4 is 5.32 Å². The number of amides is 1. The zero-order chi connectivity index (χ0) is 13.0. The van der Waals surface area contributed by atoms with Crippen LogP contribution in [0.15, 0.2) is 16.7 Å². The maximum atomic E-state index is 11.8. The summed E-state index contributed by atoms with van der Waals surface area (Å²) in [5, 5.41) is 2.81. The fourth-order valence-corrected chi connectivity index (χ4v) is 2.55. The minimum atomic E-state index is -0.0115. The van der Waals surface area contributed by atoms with Crippen molar-refractivity contribution in [3.8, 4) is 0 Å². The van der Waals surface area contributed by atoms with Gasteiger partial charge in [0, 0.05) is 19.2 Å². The second-order valence-corrected chi connectivity index (χ2v) is 5.42. The summed E-state index contributed by atoms with van der Waals surface area (Å²) in [7, 11) is 0. The zero-order valence-electron chi connectivity index (χ0n) is 10.4. The van der Waals surface area contributed by atoms with Crippen LogP contribution >= 0.6 is 15.9 Å². The molecule has 4 nitrogen and oxygen atoms in total. The number of nitrogens with zero attached hydrogens (tertiary/aromatic N) is 1. The van der Waals surface area contributed by atoms with Crippen molar-refractivity contribution >= 4 is 27.7 Å². The van der Waals surface area contributed by atoms with Crippen molar-refractivity contribution in [1.82, 2.24) is 4.98 Å². The van der Waals surface area contributed by atoms with Gasteiger partial charge >= 0.3 is 0 Å². The van der Waals surface area contributed by atoms with Gasteiger partial charge in [0.2, 0.25) is 5.91 Å². The Labute approximate surface area is 115 Å². The van der Waals surface area contributed by atoms with Gasteiger partial charge in [0.15, 0.2) is 0 Å². The van der Waals surface area contributed by atoms with E-state index in [1.165, 1.54) is 0 Å². The van der Waals surface area contributed by atoms with E-state index in [4.69, 9.17) is 4.74 Å². The Morgan fingerprint density at radius 2 is 2.50 bits per heavy atom. The lowest BCUT2D eigenvalue weighted by Crippen LogP contribution is -2.16. The van der Waals surface area contributed by atoms with E-state index >= 15 is 0 Å². The van der Waals surface area contributed by atoms with Crippen molar-refractivity contribution in [2.24, 2.45) is 0 Å². The number of ether oxygens (including phenoxy) is 1. The molecule has 2 rings (SSSR count). The zero-order valence-corrected chi connectivity index (χ0v) is 12.0. The predicted octanol–water partition coefficient (Wildman–Crippen LogP) is 3.05. The van der Waals surface area contributed by atoms with Gasteiger partial charge in [-0.15, -0.1) is 0 Å². The molecule has 0 saturated carbocycles. The Morgan fingerprint density at radius 3 is 3.17 bits per heavy atom. The molecule has 1 amide bonds. The van der Waals surface area contributed by atoms with Crippen molar-refractivity contribution in [2.45, 2.75) is 38.7 Å². The summed E-state index contributed by atoms with van der Waals surface area (Å²) in [5.74, 6) is 0.570. The van der Waals surface area contributed by atoms with E-state index in [2.05, 4.69) is 26.2 Å². The largest absolute Gasteiger partial charge is 0.378 e. The molecule has 0 unspecified atom stereocenters. The van der Waals surface area contributed by atoms with Gasteiger partial charge in [-0.3, -0.25) is 4.79 Å². The summed E-state index contributed by atoms with van der Waals surface area (Å²) in [4.78, 5) is 16.0. The molecule has 18 heavy (non-hydrogen) atoms. The van der Waals surface area contributed by atoms with Crippen LogP contribution in [0, 0.1) is 6.92 Å². The van der Waals surface area contributed by atoms with Crippen LogP contribution in [0.5, 0.6) is 0 Å². The molecule has 1 N–H and O–H groups in total. The van der Waals surface area contributed by atoms with E-state index in [0.717, 1.165) is 35.9 Å². The number of hydrogen-bond acceptors (Lipinski definition) is 3. The lowest BCUT2D eigenvalue weighted by atomic mass is 10.1. The highest BCUT2D eigenvalue weighted by atomic mass is 79.9. The number of halogens is 1. The third-order valence-electron chi connectivity index (χ3n) is 2.95. The summed E-state index contributed by atoms with van der Waals surface area (Å²) < 4.78 is 6.30. The number of anilines is 1. The van der Waals surface area contributed by atoms with Gasteiger partial charge in [0.25, 0.3) is 0 Å². The number of carbonyl (C=O) groups excluding carboxylic acids is 1. The molecule has 0 radical (unpaired) electrons. The Hall–Kier alpha value is -0.940. The fourth-order valence-electron chi connectivity index (χ4n) is 1.98. The maximum Gasteiger partial charge on any atom is 0.225 e. The highest BCUT2D eigenvalue weighted by molar-refractivity contribution is 9.10. The standard InChI is InChI=1S/C13H17BrN2O2/c1-9-7-11(14)13(15-8-9)16-12(17)5-4-10-3-2-6-18-10/h7-8,10H,2-6H2,1H3,(H,15,16,17)/t10-/m1/s1. The van der Waals surface area contributed by atoms with Crippen LogP contribution in [-0.4, -0.2) is 23.6 Å². The van der Waals surface area contributed by atoms with Gasteiger partial charge in [-0.2, -0.15) is 0 Å². The maximum absolute atomic E-state index is 11.8. The van der Waals surface area contributed by atoms with E-state index in [0.29, 0.717) is 12.2 Å². The summed E-state index contributed by atoms with van der Waals surface area (Å²) in [6.45, 7) is 2.79. The minimum Gasteiger partial charge on any atom is -0.378 e. The normalized spacial score (nSPS) is 18.9. The molecular weight excluding hydrogens is 296 g/mol. The summed E-state index contributed by atoms with van der Waals surface area (Å²) in [6.07, 6.45) is 5.43. The first-order valence-corrected chi connectivity index (χ1v) is 6.98. The van der Waals surface area contributed by atoms with Crippen molar-refractivity contribution in [3.05, 3.63) is 22.3 Å². The van der Waals surface area contributed by atoms with Gasteiger partial charge in [0.05, 0.1) is 10.6 Å². The second kappa shape index (κ2) is 6.29. The third-order valence-corrected chi connectivity index (χ3v) is 3.56. The molecule has 1 aliphatic rings. The van der Waals surface area contributed by atoms with Crippen LogP contribution in [0.25, 0.3) is 0 Å². The lowest BCUT2D eigenvalue weighted by Gasteiger charge is -2.10. The fraction of sp³-hybridized carbons (Fsp3) is 0.538. The van der Waals surface area contributed by atoms with Crippen molar-refractivity contribution in [2.75, 3.05) is 11.9 Å². The number of aromatic nitrogens is 1. The molecule has 0 spiro atoms. The van der Waals surface area contributed by atoms with Crippen molar-refractivity contribution in [3.63, 3.8) is 0 Å². The van der Waals surface area contributed by atoms with Gasteiger partial charge < -0.3 is 10.1 Å². The number of rotatable bonds is 4. The minimum absolute atomic E-state index is 0.0115. The first-order valence-electron chi connectivity index (χ1n) is 6.19. The molecule has 1 atom stereocenters. The quantitative estimate of drug-likeness (QED) is 0.929. The topological polar surface area (TPSA) is 51.2 Å². The summed E-state index contributed by atoms with van der Waals surface area (Å²) in [6, 6.07) is 1.93. The Bertz CT molecular complexity index is 431. The van der Waals surface area contributed by atoms with Gasteiger partial charge in [-0.05, 0) is 53.7 Å². The molecule has 2 heterocycles. The van der Waals surface area contributed by atoms with E-state index in [1.54, 1.807) is 6.20 Å². The highest BCUT2D eigenvalue weighted by Crippen LogP contribution is 2.21. The predicted molar refractivity (Wildman–Crippen MR) is 73.5 cm³/mol. The number of hydrogen-bond donors (Lipinski definition) is 1. The van der Waals surface area contributed by atoms with E-state index < -0.39 is 0 Å². The number of pyridine rings is 1. The molecule has 1 fully saturated rings. The molecule has 98 valence electrons. The van der Waals surface area contributed by atoms with Gasteiger partial charge in [-0.25, -0.2) is 4.98 Å². The Morgan fingerprint density at radius 1 is 1.67 bits per heavy atom. The number of nitrogens with one attached hydrogen (secondary N) is 1. The van der Waals surface area contributed by atoms with E-state index in [1.807, 2.05) is 13.0 Å². The monoisotopic (exact) mass is 312 g/mol. The van der Waals surface area contributed by atoms with Crippen LogP contribution in [0.1, 0.15) is 31.2 Å². The first-order chi connectivity index (χ1) is 8.65. The van der Waals surface area contributed by atoms with E-state index in [-0.39, 0.29) is 12.0 Å². The number of aryl methyl sites for hydroxylation is 1. The van der Waals surface area contributed by atoms with Crippen LogP contribution in [-0.2, 0) is 9.53 Å². The van der Waals surface area contributed by atoms with E-state index in [9.17, 15) is 4.79 Å². The molecular formula is C13H17BrN2O2. The van der Waals surface area contributed by atoms with Crippen LogP contribution in [0.2, 0.25) is 0 Å². The van der Waals surface area contributed by atoms with Gasteiger partial charge in [0.1, 0.15) is 5.82 Å². The molecule has 1 aliphatic heterocycles. The molecule has 5 heteroatoms. The molecule has 0 bridgehead atoms. The third kappa shape index (κ3) is 3.78. The van der Waals surface area contributed by atoms with Crippen LogP contribution in [0.4, 0.5) is 5.82 Å². The number of carbonyl (C=O) groups is 1. The van der Waals surface area contributed by atoms with Crippen molar-refractivity contribution < 1.29 is 9.53 Å². The summed E-state index contributed by atoms with van der Waals surface area (Å²) >= 11 is 3.39. The van der Waals surface area contributed by atoms with Crippen LogP contribution in [0.3, 0.4) is 0 Å². The molecule has 1 aromatic rings. The molecule has 0 aliphatic carbocycles. The average Bonchev–Trinajstić information content (AvgIpc) is 2.83. The highest BCUT2D eigenvalue weighted by Gasteiger charge is 2.17.